The van der Waals surface area contributed by atoms with Crippen LogP contribution in [0.3, 0.4) is 0 Å². The van der Waals surface area contributed by atoms with Crippen molar-refractivity contribution in [2.45, 2.75) is 25.3 Å². The SMILES string of the molecule is CCNC(=O)COc1ccc(S(=O)(=O)NCc2ccccc2)cc1C. The number of likely N-dealkylation sites (N-methyl/N-ethyl adjacent to an activating group) is 1. The van der Waals surface area contributed by atoms with Gasteiger partial charge >= 0.3 is 0 Å². The maximum atomic E-state index is 12.4. The Kier molecular flexibility index (Phi) is 6.55. The van der Waals surface area contributed by atoms with Gasteiger partial charge in [-0.05, 0) is 43.2 Å². The Morgan fingerprint density at radius 1 is 1.12 bits per heavy atom. The number of carbonyl (C=O) groups is 1. The van der Waals surface area contributed by atoms with E-state index in [-0.39, 0.29) is 24.0 Å². The summed E-state index contributed by atoms with van der Waals surface area (Å²) in [6.07, 6.45) is 0. The van der Waals surface area contributed by atoms with E-state index in [0.717, 1.165) is 5.56 Å². The molecule has 2 aromatic rings. The lowest BCUT2D eigenvalue weighted by atomic mass is 10.2. The third-order valence-corrected chi connectivity index (χ3v) is 4.90. The molecule has 0 aromatic heterocycles. The minimum Gasteiger partial charge on any atom is -0.484 e. The number of aryl methyl sites for hydroxylation is 1. The predicted octanol–water partition coefficient (Wildman–Crippen LogP) is 1.99. The highest BCUT2D eigenvalue weighted by molar-refractivity contribution is 7.89. The van der Waals surface area contributed by atoms with Gasteiger partial charge in [0.1, 0.15) is 5.75 Å². The molecule has 2 aromatic carbocycles. The number of carbonyl (C=O) groups excluding carboxylic acids is 1. The summed E-state index contributed by atoms with van der Waals surface area (Å²) in [5, 5.41) is 2.63. The molecular formula is C18H22N2O4S. The van der Waals surface area contributed by atoms with Crippen LogP contribution in [0.4, 0.5) is 0 Å². The summed E-state index contributed by atoms with van der Waals surface area (Å²) in [7, 11) is -3.62. The highest BCUT2D eigenvalue weighted by Crippen LogP contribution is 2.22. The molecule has 0 saturated heterocycles. The molecule has 25 heavy (non-hydrogen) atoms. The molecular weight excluding hydrogens is 340 g/mol. The van der Waals surface area contributed by atoms with Gasteiger partial charge in [-0.3, -0.25) is 4.79 Å². The van der Waals surface area contributed by atoms with Crippen LogP contribution in [-0.4, -0.2) is 27.5 Å². The number of ether oxygens (including phenoxy) is 1. The molecule has 0 saturated carbocycles. The molecule has 0 atom stereocenters. The van der Waals surface area contributed by atoms with Crippen LogP contribution in [0, 0.1) is 6.92 Å². The topological polar surface area (TPSA) is 84.5 Å². The van der Waals surface area contributed by atoms with Gasteiger partial charge in [0.05, 0.1) is 4.90 Å². The van der Waals surface area contributed by atoms with E-state index in [0.29, 0.717) is 17.9 Å². The van der Waals surface area contributed by atoms with Crippen molar-refractivity contribution in [1.82, 2.24) is 10.0 Å². The van der Waals surface area contributed by atoms with E-state index in [1.54, 1.807) is 13.0 Å². The van der Waals surface area contributed by atoms with Crippen molar-refractivity contribution < 1.29 is 17.9 Å². The van der Waals surface area contributed by atoms with Gasteiger partial charge in [-0.1, -0.05) is 30.3 Å². The minimum atomic E-state index is -3.62. The number of nitrogens with one attached hydrogen (secondary N) is 2. The molecule has 0 radical (unpaired) electrons. The maximum Gasteiger partial charge on any atom is 0.257 e. The maximum absolute atomic E-state index is 12.4. The molecule has 0 aliphatic carbocycles. The second-order valence-corrected chi connectivity index (χ2v) is 7.25. The van der Waals surface area contributed by atoms with Gasteiger partial charge in [-0.25, -0.2) is 13.1 Å². The van der Waals surface area contributed by atoms with E-state index in [1.807, 2.05) is 37.3 Å². The summed E-state index contributed by atoms with van der Waals surface area (Å²) in [6.45, 7) is 4.21. The summed E-state index contributed by atoms with van der Waals surface area (Å²) >= 11 is 0. The Morgan fingerprint density at radius 3 is 2.48 bits per heavy atom. The van der Waals surface area contributed by atoms with E-state index < -0.39 is 10.0 Å². The number of hydrogen-bond donors (Lipinski definition) is 2. The average Bonchev–Trinajstić information content (AvgIpc) is 2.60. The first-order valence-electron chi connectivity index (χ1n) is 7.96. The number of rotatable bonds is 8. The molecule has 0 unspecified atom stereocenters. The van der Waals surface area contributed by atoms with E-state index in [1.165, 1.54) is 12.1 Å². The first-order chi connectivity index (χ1) is 11.9. The summed E-state index contributed by atoms with van der Waals surface area (Å²) in [5.41, 5.74) is 1.52. The Labute approximate surface area is 148 Å². The van der Waals surface area contributed by atoms with Crippen molar-refractivity contribution in [3.8, 4) is 5.75 Å². The average molecular weight is 362 g/mol. The Morgan fingerprint density at radius 2 is 1.84 bits per heavy atom. The summed E-state index contributed by atoms with van der Waals surface area (Å²) < 4.78 is 32.8. The quantitative estimate of drug-likeness (QED) is 0.752. The van der Waals surface area contributed by atoms with Gasteiger partial charge < -0.3 is 10.1 Å². The zero-order valence-corrected chi connectivity index (χ0v) is 15.1. The van der Waals surface area contributed by atoms with Gasteiger partial charge in [0.2, 0.25) is 10.0 Å². The van der Waals surface area contributed by atoms with Crippen molar-refractivity contribution in [2.75, 3.05) is 13.2 Å². The predicted molar refractivity (Wildman–Crippen MR) is 95.8 cm³/mol. The van der Waals surface area contributed by atoms with Crippen LogP contribution < -0.4 is 14.8 Å². The highest BCUT2D eigenvalue weighted by Gasteiger charge is 2.15. The monoisotopic (exact) mass is 362 g/mol. The fraction of sp³-hybridized carbons (Fsp3) is 0.278. The highest BCUT2D eigenvalue weighted by atomic mass is 32.2. The molecule has 0 fully saturated rings. The molecule has 2 N–H and O–H groups in total. The Bertz CT molecular complexity index is 820. The van der Waals surface area contributed by atoms with Gasteiger partial charge in [-0.15, -0.1) is 0 Å². The van der Waals surface area contributed by atoms with Crippen LogP contribution in [-0.2, 0) is 21.4 Å². The number of sulfonamides is 1. The van der Waals surface area contributed by atoms with Crippen LogP contribution in [0.5, 0.6) is 5.75 Å². The second kappa shape index (κ2) is 8.64. The molecule has 0 heterocycles. The molecule has 134 valence electrons. The van der Waals surface area contributed by atoms with E-state index >= 15 is 0 Å². The lowest BCUT2D eigenvalue weighted by Gasteiger charge is -2.11. The zero-order chi connectivity index (χ0) is 18.3. The fourth-order valence-corrected chi connectivity index (χ4v) is 3.30. The molecule has 7 heteroatoms. The van der Waals surface area contributed by atoms with Crippen LogP contribution in [0.2, 0.25) is 0 Å². The van der Waals surface area contributed by atoms with Gasteiger partial charge in [0.15, 0.2) is 6.61 Å². The smallest absolute Gasteiger partial charge is 0.257 e. The number of amides is 1. The Hall–Kier alpha value is -2.38. The molecule has 0 spiro atoms. The van der Waals surface area contributed by atoms with Crippen LogP contribution in [0.15, 0.2) is 53.4 Å². The fourth-order valence-electron chi connectivity index (χ4n) is 2.20. The normalized spacial score (nSPS) is 11.1. The van der Waals surface area contributed by atoms with Crippen LogP contribution >= 0.6 is 0 Å². The molecule has 6 nitrogen and oxygen atoms in total. The van der Waals surface area contributed by atoms with Gasteiger partial charge in [0, 0.05) is 13.1 Å². The standard InChI is InChI=1S/C18H22N2O4S/c1-3-19-18(21)13-24-17-10-9-16(11-14(17)2)25(22,23)20-12-15-7-5-4-6-8-15/h4-11,20H,3,12-13H2,1-2H3,(H,19,21). The van der Waals surface area contributed by atoms with E-state index in [4.69, 9.17) is 4.74 Å². The first kappa shape index (κ1) is 19.0. The van der Waals surface area contributed by atoms with Crippen molar-refractivity contribution in [3.05, 3.63) is 59.7 Å². The first-order valence-corrected chi connectivity index (χ1v) is 9.44. The van der Waals surface area contributed by atoms with Gasteiger partial charge in [-0.2, -0.15) is 0 Å². The summed E-state index contributed by atoms with van der Waals surface area (Å²) in [5.74, 6) is 0.261. The number of benzene rings is 2. The largest absolute Gasteiger partial charge is 0.484 e. The lowest BCUT2D eigenvalue weighted by Crippen LogP contribution is -2.28. The van der Waals surface area contributed by atoms with Crippen LogP contribution in [0.1, 0.15) is 18.1 Å². The van der Waals surface area contributed by atoms with Gasteiger partial charge in [0.25, 0.3) is 5.91 Å². The third-order valence-electron chi connectivity index (χ3n) is 3.50. The Balaban J connectivity index is 2.04. The second-order valence-electron chi connectivity index (χ2n) is 5.48. The summed E-state index contributed by atoms with van der Waals surface area (Å²) in [6, 6.07) is 13.8. The molecule has 1 amide bonds. The minimum absolute atomic E-state index is 0.104. The van der Waals surface area contributed by atoms with Crippen molar-refractivity contribution >= 4 is 15.9 Å². The van der Waals surface area contributed by atoms with Crippen molar-refractivity contribution in [1.29, 1.82) is 0 Å². The molecule has 2 rings (SSSR count). The molecule has 0 aliphatic heterocycles. The lowest BCUT2D eigenvalue weighted by molar-refractivity contribution is -0.122. The third kappa shape index (κ3) is 5.58. The summed E-state index contributed by atoms with van der Waals surface area (Å²) in [4.78, 5) is 11.6. The van der Waals surface area contributed by atoms with Crippen LogP contribution in [0.25, 0.3) is 0 Å². The molecule has 0 aliphatic rings. The van der Waals surface area contributed by atoms with E-state index in [9.17, 15) is 13.2 Å². The van der Waals surface area contributed by atoms with E-state index in [2.05, 4.69) is 10.0 Å². The number of hydrogen-bond acceptors (Lipinski definition) is 4. The zero-order valence-electron chi connectivity index (χ0n) is 14.3. The van der Waals surface area contributed by atoms with Crippen molar-refractivity contribution in [2.24, 2.45) is 0 Å². The van der Waals surface area contributed by atoms with Crippen molar-refractivity contribution in [3.63, 3.8) is 0 Å². The molecule has 0 bridgehead atoms.